The van der Waals surface area contributed by atoms with E-state index in [1.165, 1.54) is 6.08 Å². The molecule has 0 radical (unpaired) electrons. The van der Waals surface area contributed by atoms with Crippen LogP contribution < -0.4 is 0 Å². The first kappa shape index (κ1) is 30.8. The number of ketones is 1. The van der Waals surface area contributed by atoms with Gasteiger partial charge in [-0.2, -0.15) is 0 Å². The molecular weight excluding hydrogens is 464 g/mol. The molecule has 0 spiro atoms. The van der Waals surface area contributed by atoms with Gasteiger partial charge in [-0.25, -0.2) is 4.79 Å². The molecule has 0 fully saturated rings. The van der Waals surface area contributed by atoms with Crippen molar-refractivity contribution in [1.82, 2.24) is 0 Å². The first-order valence-corrected chi connectivity index (χ1v) is 12.4. The van der Waals surface area contributed by atoms with Gasteiger partial charge < -0.3 is 19.7 Å². The van der Waals surface area contributed by atoms with E-state index in [-0.39, 0.29) is 31.1 Å². The number of hydrogen-bond donors (Lipinski definition) is 2. The summed E-state index contributed by atoms with van der Waals surface area (Å²) < 4.78 is 10.7. The molecule has 36 heavy (non-hydrogen) atoms. The molecule has 1 rings (SSSR count). The van der Waals surface area contributed by atoms with Crippen molar-refractivity contribution in [3.05, 3.63) is 60.8 Å². The fraction of sp³-hybridized carbons (Fsp3) is 0.500. The molecule has 0 aromatic rings. The first-order valence-electron chi connectivity index (χ1n) is 12.4. The lowest BCUT2D eigenvalue weighted by Crippen LogP contribution is -2.16. The van der Waals surface area contributed by atoms with E-state index in [2.05, 4.69) is 0 Å². The van der Waals surface area contributed by atoms with Crippen LogP contribution in [-0.2, 0) is 28.7 Å². The smallest absolute Gasteiger partial charge is 0.331 e. The molecule has 0 bridgehead atoms. The Kier molecular flexibility index (Phi) is 16.2. The van der Waals surface area contributed by atoms with E-state index < -0.39 is 30.1 Å². The van der Waals surface area contributed by atoms with E-state index in [9.17, 15) is 24.3 Å². The Balaban J connectivity index is 2.83. The van der Waals surface area contributed by atoms with Crippen molar-refractivity contribution in [2.75, 3.05) is 0 Å². The Labute approximate surface area is 213 Å². The predicted octanol–water partition coefficient (Wildman–Crippen LogP) is 4.54. The summed E-state index contributed by atoms with van der Waals surface area (Å²) in [6.07, 6.45) is 18.9. The Morgan fingerprint density at radius 2 is 1.72 bits per heavy atom. The lowest BCUT2D eigenvalue weighted by molar-refractivity contribution is -0.150. The average molecular weight is 503 g/mol. The maximum atomic E-state index is 12.0. The number of rotatable bonds is 4. The standard InChI is InChI=1S/C28H38O8/c1-22-13-7-3-2-4-8-14-23(29)21-24(30)15-9-5-10-16-25(36-28(34)20-19-26(31)32)17-11-6-12-18-27(33)35-22/h2,4-6,9-12,16,18,22,24-25,30H,3,7-8,13-15,17,19-21H2,1H3,(H,31,32). The summed E-state index contributed by atoms with van der Waals surface area (Å²) in [6, 6.07) is 0. The molecule has 198 valence electrons. The third-order valence-corrected chi connectivity index (χ3v) is 5.17. The van der Waals surface area contributed by atoms with Gasteiger partial charge in [-0.1, -0.05) is 48.6 Å². The van der Waals surface area contributed by atoms with Crippen molar-refractivity contribution in [2.45, 2.75) is 89.4 Å². The van der Waals surface area contributed by atoms with Crippen molar-refractivity contribution >= 4 is 23.7 Å². The zero-order chi connectivity index (χ0) is 26.6. The summed E-state index contributed by atoms with van der Waals surface area (Å²) in [5.74, 6) is -2.16. The van der Waals surface area contributed by atoms with E-state index in [0.29, 0.717) is 25.7 Å². The number of cyclic esters (lactones) is 1. The molecular formula is C28H38O8. The van der Waals surface area contributed by atoms with Gasteiger partial charge in [0.25, 0.3) is 0 Å². The highest BCUT2D eigenvalue weighted by molar-refractivity contribution is 5.82. The second kappa shape index (κ2) is 19.0. The normalized spacial score (nSPS) is 23.6. The fourth-order valence-electron chi connectivity index (χ4n) is 3.28. The van der Waals surface area contributed by atoms with Gasteiger partial charge in [0.15, 0.2) is 0 Å². The topological polar surface area (TPSA) is 127 Å². The van der Waals surface area contributed by atoms with Crippen LogP contribution in [0.4, 0.5) is 0 Å². The Hall–Kier alpha value is -3.26. The number of aliphatic hydroxyl groups is 1. The van der Waals surface area contributed by atoms with Gasteiger partial charge in [0.2, 0.25) is 0 Å². The number of hydrogen-bond acceptors (Lipinski definition) is 7. The molecule has 3 unspecified atom stereocenters. The Morgan fingerprint density at radius 1 is 1.00 bits per heavy atom. The number of carbonyl (C=O) groups is 4. The van der Waals surface area contributed by atoms with Gasteiger partial charge in [0.1, 0.15) is 11.9 Å². The molecule has 1 aliphatic rings. The second-order valence-corrected chi connectivity index (χ2v) is 8.58. The van der Waals surface area contributed by atoms with E-state index >= 15 is 0 Å². The fourth-order valence-corrected chi connectivity index (χ4v) is 3.28. The van der Waals surface area contributed by atoms with Gasteiger partial charge in [-0.05, 0) is 45.1 Å². The van der Waals surface area contributed by atoms with Crippen molar-refractivity contribution in [3.63, 3.8) is 0 Å². The monoisotopic (exact) mass is 502 g/mol. The lowest BCUT2D eigenvalue weighted by Gasteiger charge is -2.12. The molecule has 0 amide bonds. The van der Waals surface area contributed by atoms with Crippen molar-refractivity contribution in [1.29, 1.82) is 0 Å². The molecule has 0 aromatic carbocycles. The molecule has 1 heterocycles. The van der Waals surface area contributed by atoms with Crippen LogP contribution in [-0.4, -0.2) is 52.2 Å². The number of allylic oxidation sites excluding steroid dienone is 6. The summed E-state index contributed by atoms with van der Waals surface area (Å²) in [5.41, 5.74) is 0. The summed E-state index contributed by atoms with van der Waals surface area (Å²) in [5, 5.41) is 18.8. The van der Waals surface area contributed by atoms with Gasteiger partial charge in [0.05, 0.1) is 25.0 Å². The molecule has 0 aromatic heterocycles. The van der Waals surface area contributed by atoms with Crippen LogP contribution >= 0.6 is 0 Å². The number of Topliss-reactive ketones (excluding diaryl/α,β-unsaturated/α-hetero) is 1. The first-order chi connectivity index (χ1) is 17.3. The van der Waals surface area contributed by atoms with Crippen LogP contribution in [0.5, 0.6) is 0 Å². The average Bonchev–Trinajstić information content (AvgIpc) is 2.80. The van der Waals surface area contributed by atoms with Gasteiger partial charge in [-0.3, -0.25) is 14.4 Å². The second-order valence-electron chi connectivity index (χ2n) is 8.58. The predicted molar refractivity (Wildman–Crippen MR) is 136 cm³/mol. The number of esters is 2. The van der Waals surface area contributed by atoms with Crippen LogP contribution in [0.3, 0.4) is 0 Å². The number of carboxylic acid groups (broad SMARTS) is 1. The molecule has 0 saturated carbocycles. The third-order valence-electron chi connectivity index (χ3n) is 5.17. The number of ether oxygens (including phenoxy) is 2. The van der Waals surface area contributed by atoms with Gasteiger partial charge >= 0.3 is 17.9 Å². The SMILES string of the molecule is CC1CCCC=CCCC(=O)CC(O)CC=CC=CC(OC(=O)CCC(=O)O)CC=CC=CC(=O)O1. The summed E-state index contributed by atoms with van der Waals surface area (Å²) >= 11 is 0. The molecule has 8 nitrogen and oxygen atoms in total. The maximum absolute atomic E-state index is 12.0. The van der Waals surface area contributed by atoms with Crippen molar-refractivity contribution in [2.24, 2.45) is 0 Å². The number of carbonyl (C=O) groups excluding carboxylic acids is 3. The molecule has 8 heteroatoms. The number of aliphatic carboxylic acids is 1. The maximum Gasteiger partial charge on any atom is 0.331 e. The van der Waals surface area contributed by atoms with Crippen LogP contribution in [0.25, 0.3) is 0 Å². The molecule has 3 atom stereocenters. The van der Waals surface area contributed by atoms with E-state index in [4.69, 9.17) is 14.6 Å². The van der Waals surface area contributed by atoms with Crippen LogP contribution in [0.15, 0.2) is 60.8 Å². The molecule has 2 N–H and O–H groups in total. The third kappa shape index (κ3) is 17.2. The van der Waals surface area contributed by atoms with Gasteiger partial charge in [0, 0.05) is 25.3 Å². The molecule has 0 aliphatic carbocycles. The summed E-state index contributed by atoms with van der Waals surface area (Å²) in [4.78, 5) is 46.6. The van der Waals surface area contributed by atoms with Crippen molar-refractivity contribution in [3.8, 4) is 0 Å². The van der Waals surface area contributed by atoms with E-state index in [0.717, 1.165) is 19.3 Å². The number of aliphatic hydroxyl groups excluding tert-OH is 1. The Morgan fingerprint density at radius 3 is 2.50 bits per heavy atom. The quantitative estimate of drug-likeness (QED) is 0.424. The van der Waals surface area contributed by atoms with Gasteiger partial charge in [-0.15, -0.1) is 0 Å². The Bertz CT molecular complexity index is 850. The minimum atomic E-state index is -1.08. The minimum absolute atomic E-state index is 0.000683. The van der Waals surface area contributed by atoms with E-state index in [1.807, 2.05) is 19.1 Å². The van der Waals surface area contributed by atoms with Crippen LogP contribution in [0.1, 0.15) is 71.1 Å². The largest absolute Gasteiger partial charge is 0.481 e. The zero-order valence-electron chi connectivity index (χ0n) is 20.9. The van der Waals surface area contributed by atoms with Crippen molar-refractivity contribution < 1.29 is 38.9 Å². The summed E-state index contributed by atoms with van der Waals surface area (Å²) in [6.45, 7) is 1.84. The highest BCUT2D eigenvalue weighted by Gasteiger charge is 2.12. The molecule has 1 aliphatic heterocycles. The highest BCUT2D eigenvalue weighted by Crippen LogP contribution is 2.10. The highest BCUT2D eigenvalue weighted by atomic mass is 16.5. The minimum Gasteiger partial charge on any atom is -0.481 e. The molecule has 0 saturated heterocycles. The summed E-state index contributed by atoms with van der Waals surface area (Å²) in [7, 11) is 0. The number of carboxylic acids is 1. The lowest BCUT2D eigenvalue weighted by atomic mass is 10.1. The zero-order valence-corrected chi connectivity index (χ0v) is 20.9. The van der Waals surface area contributed by atoms with Crippen LogP contribution in [0, 0.1) is 0 Å². The van der Waals surface area contributed by atoms with Crippen LogP contribution in [0.2, 0.25) is 0 Å². The van der Waals surface area contributed by atoms with E-state index in [1.54, 1.807) is 42.5 Å².